The van der Waals surface area contributed by atoms with Crippen molar-refractivity contribution >= 4 is 52.4 Å². The molecule has 0 atom stereocenters. The van der Waals surface area contributed by atoms with Crippen LogP contribution in [0.1, 0.15) is 15.9 Å². The first kappa shape index (κ1) is 21.0. The van der Waals surface area contributed by atoms with Gasteiger partial charge < -0.3 is 9.64 Å². The molecule has 0 heterocycles. The van der Waals surface area contributed by atoms with E-state index >= 15 is 0 Å². The highest BCUT2D eigenvalue weighted by atomic mass is 35.5. The maximum absolute atomic E-state index is 12.1. The molecule has 0 bridgehead atoms. The summed E-state index contributed by atoms with van der Waals surface area (Å²) in [6, 6.07) is 8.33. The minimum atomic E-state index is -0.931. The first-order valence-corrected chi connectivity index (χ1v) is 8.61. The average molecular weight is 432 g/mol. The van der Waals surface area contributed by atoms with Crippen LogP contribution in [-0.2, 0) is 16.1 Å². The van der Waals surface area contributed by atoms with E-state index in [1.54, 1.807) is 18.2 Å². The summed E-state index contributed by atoms with van der Waals surface area (Å²) in [5.74, 6) is -1.41. The standard InChI is InChI=1S/C17H13Cl3N2O5/c1-21(8-10-2-4-14(19)15(20)6-10)16(23)9-27-17(24)12-7-11(22(25)26)3-5-13(12)18/h2-7H,8-9H2,1H3. The quantitative estimate of drug-likeness (QED) is 0.385. The van der Waals surface area contributed by atoms with E-state index in [2.05, 4.69) is 0 Å². The highest BCUT2D eigenvalue weighted by molar-refractivity contribution is 6.42. The molecular weight excluding hydrogens is 419 g/mol. The number of ether oxygens (including phenoxy) is 1. The van der Waals surface area contributed by atoms with Crippen molar-refractivity contribution < 1.29 is 19.2 Å². The molecule has 7 nitrogen and oxygen atoms in total. The summed E-state index contributed by atoms with van der Waals surface area (Å²) in [6.07, 6.45) is 0. The Morgan fingerprint density at radius 2 is 1.74 bits per heavy atom. The summed E-state index contributed by atoms with van der Waals surface area (Å²) in [7, 11) is 1.53. The van der Waals surface area contributed by atoms with Gasteiger partial charge in [0.25, 0.3) is 11.6 Å². The molecule has 10 heteroatoms. The van der Waals surface area contributed by atoms with Crippen LogP contribution < -0.4 is 0 Å². The molecule has 0 saturated carbocycles. The second kappa shape index (κ2) is 9.03. The second-order valence-corrected chi connectivity index (χ2v) is 6.72. The Kier molecular flexibility index (Phi) is 7.01. The fraction of sp³-hybridized carbons (Fsp3) is 0.176. The predicted octanol–water partition coefficient (Wildman–Crippen LogP) is 4.37. The van der Waals surface area contributed by atoms with Gasteiger partial charge in [-0.1, -0.05) is 40.9 Å². The lowest BCUT2D eigenvalue weighted by Gasteiger charge is -2.17. The number of rotatable bonds is 6. The molecule has 1 amide bonds. The molecular formula is C17H13Cl3N2O5. The van der Waals surface area contributed by atoms with Crippen LogP contribution in [0.3, 0.4) is 0 Å². The third-order valence-electron chi connectivity index (χ3n) is 3.54. The van der Waals surface area contributed by atoms with Gasteiger partial charge in [0, 0.05) is 25.7 Å². The molecule has 0 aliphatic rings. The number of amides is 1. The van der Waals surface area contributed by atoms with Crippen LogP contribution in [0, 0.1) is 10.1 Å². The van der Waals surface area contributed by atoms with Crippen molar-refractivity contribution in [1.82, 2.24) is 4.90 Å². The minimum Gasteiger partial charge on any atom is -0.452 e. The molecule has 0 unspecified atom stereocenters. The first-order chi connectivity index (χ1) is 12.7. The summed E-state index contributed by atoms with van der Waals surface area (Å²) in [5, 5.41) is 11.5. The van der Waals surface area contributed by atoms with Crippen molar-refractivity contribution in [3.8, 4) is 0 Å². The van der Waals surface area contributed by atoms with Gasteiger partial charge in [-0.3, -0.25) is 14.9 Å². The van der Waals surface area contributed by atoms with E-state index in [0.29, 0.717) is 10.0 Å². The maximum atomic E-state index is 12.1. The van der Waals surface area contributed by atoms with Gasteiger partial charge in [-0.25, -0.2) is 4.79 Å². The van der Waals surface area contributed by atoms with Gasteiger partial charge in [-0.2, -0.15) is 0 Å². The lowest BCUT2D eigenvalue weighted by atomic mass is 10.2. The zero-order valence-corrected chi connectivity index (χ0v) is 16.2. The Balaban J connectivity index is 1.98. The fourth-order valence-electron chi connectivity index (χ4n) is 2.10. The van der Waals surface area contributed by atoms with Gasteiger partial charge >= 0.3 is 5.97 Å². The zero-order chi connectivity index (χ0) is 20.1. The first-order valence-electron chi connectivity index (χ1n) is 7.48. The fourth-order valence-corrected chi connectivity index (χ4v) is 2.61. The number of non-ortho nitro benzene ring substituents is 1. The molecule has 0 aliphatic carbocycles. The SMILES string of the molecule is CN(Cc1ccc(Cl)c(Cl)c1)C(=O)COC(=O)c1cc([N+](=O)[O-])ccc1Cl. The summed E-state index contributed by atoms with van der Waals surface area (Å²) in [5.41, 5.74) is 0.244. The Labute approximate surface area is 169 Å². The molecule has 0 saturated heterocycles. The van der Waals surface area contributed by atoms with E-state index in [1.165, 1.54) is 18.0 Å². The van der Waals surface area contributed by atoms with Crippen molar-refractivity contribution in [2.24, 2.45) is 0 Å². The molecule has 0 N–H and O–H groups in total. The number of hydrogen-bond acceptors (Lipinski definition) is 5. The molecule has 0 fully saturated rings. The number of likely N-dealkylation sites (N-methyl/N-ethyl adjacent to an activating group) is 1. The molecule has 2 aromatic rings. The van der Waals surface area contributed by atoms with E-state index in [4.69, 9.17) is 39.5 Å². The van der Waals surface area contributed by atoms with E-state index in [1.807, 2.05) is 0 Å². The smallest absolute Gasteiger partial charge is 0.340 e. The Morgan fingerprint density at radius 3 is 2.37 bits per heavy atom. The molecule has 142 valence electrons. The number of carbonyl (C=O) groups excluding carboxylic acids is 2. The van der Waals surface area contributed by atoms with E-state index in [0.717, 1.165) is 17.7 Å². The largest absolute Gasteiger partial charge is 0.452 e. The lowest BCUT2D eigenvalue weighted by molar-refractivity contribution is -0.384. The van der Waals surface area contributed by atoms with Crippen molar-refractivity contribution in [2.75, 3.05) is 13.7 Å². The van der Waals surface area contributed by atoms with Crippen LogP contribution in [0.15, 0.2) is 36.4 Å². The highest BCUT2D eigenvalue weighted by Gasteiger charge is 2.19. The van der Waals surface area contributed by atoms with Gasteiger partial charge in [0.1, 0.15) is 0 Å². The third kappa shape index (κ3) is 5.56. The number of carbonyl (C=O) groups is 2. The normalized spacial score (nSPS) is 10.4. The van der Waals surface area contributed by atoms with Gasteiger partial charge in [0.2, 0.25) is 0 Å². The van der Waals surface area contributed by atoms with Crippen molar-refractivity contribution in [3.63, 3.8) is 0 Å². The minimum absolute atomic E-state index is 0.0118. The number of nitro benzene ring substituents is 1. The average Bonchev–Trinajstić information content (AvgIpc) is 2.62. The number of nitrogens with zero attached hydrogens (tertiary/aromatic N) is 2. The van der Waals surface area contributed by atoms with Crippen LogP contribution in [0.2, 0.25) is 15.1 Å². The lowest BCUT2D eigenvalue weighted by Crippen LogP contribution is -2.30. The van der Waals surface area contributed by atoms with Gasteiger partial charge in [-0.05, 0) is 23.8 Å². The Hall–Kier alpha value is -2.35. The van der Waals surface area contributed by atoms with Crippen LogP contribution in [0.5, 0.6) is 0 Å². The van der Waals surface area contributed by atoms with Crippen molar-refractivity contribution in [2.45, 2.75) is 6.54 Å². The number of halogens is 3. The van der Waals surface area contributed by atoms with E-state index < -0.39 is 23.4 Å². The molecule has 2 rings (SSSR count). The Bertz CT molecular complexity index is 904. The van der Waals surface area contributed by atoms with Crippen LogP contribution in [0.4, 0.5) is 5.69 Å². The Morgan fingerprint density at radius 1 is 1.07 bits per heavy atom. The van der Waals surface area contributed by atoms with Crippen molar-refractivity contribution in [3.05, 3.63) is 72.7 Å². The molecule has 0 radical (unpaired) electrons. The zero-order valence-electron chi connectivity index (χ0n) is 13.9. The number of esters is 1. The van der Waals surface area contributed by atoms with E-state index in [9.17, 15) is 19.7 Å². The summed E-state index contributed by atoms with van der Waals surface area (Å²) in [4.78, 5) is 35.7. The predicted molar refractivity (Wildman–Crippen MR) is 101 cm³/mol. The molecule has 0 aromatic heterocycles. The van der Waals surface area contributed by atoms with Gasteiger partial charge in [0.15, 0.2) is 6.61 Å². The number of benzene rings is 2. The van der Waals surface area contributed by atoms with Crippen LogP contribution in [-0.4, -0.2) is 35.4 Å². The highest BCUT2D eigenvalue weighted by Crippen LogP contribution is 2.24. The summed E-state index contributed by atoms with van der Waals surface area (Å²) in [6.45, 7) is -0.319. The second-order valence-electron chi connectivity index (χ2n) is 5.50. The third-order valence-corrected chi connectivity index (χ3v) is 4.61. The van der Waals surface area contributed by atoms with Gasteiger partial charge in [-0.15, -0.1) is 0 Å². The molecule has 27 heavy (non-hydrogen) atoms. The summed E-state index contributed by atoms with van der Waals surface area (Å²) >= 11 is 17.6. The van der Waals surface area contributed by atoms with Crippen LogP contribution >= 0.6 is 34.8 Å². The van der Waals surface area contributed by atoms with E-state index in [-0.39, 0.29) is 22.8 Å². The topological polar surface area (TPSA) is 89.8 Å². The van der Waals surface area contributed by atoms with Gasteiger partial charge in [0.05, 0.1) is 25.6 Å². The number of nitro groups is 1. The van der Waals surface area contributed by atoms with Crippen LogP contribution in [0.25, 0.3) is 0 Å². The molecule has 0 spiro atoms. The number of hydrogen-bond donors (Lipinski definition) is 0. The maximum Gasteiger partial charge on any atom is 0.340 e. The van der Waals surface area contributed by atoms with Crippen molar-refractivity contribution in [1.29, 1.82) is 0 Å². The molecule has 2 aromatic carbocycles. The monoisotopic (exact) mass is 430 g/mol. The molecule has 0 aliphatic heterocycles. The summed E-state index contributed by atoms with van der Waals surface area (Å²) < 4.78 is 4.92.